The molecule has 2 heterocycles. The highest BCUT2D eigenvalue weighted by atomic mass is 32.2. The molecule has 1 saturated heterocycles. The zero-order valence-corrected chi connectivity index (χ0v) is 16.3. The average Bonchev–Trinajstić information content (AvgIpc) is 3.22. The molecule has 0 aliphatic carbocycles. The highest BCUT2D eigenvalue weighted by Gasteiger charge is 2.25. The van der Waals surface area contributed by atoms with E-state index in [-0.39, 0.29) is 23.3 Å². The molecular formula is C18H21N3O4S2. The molecule has 1 aliphatic heterocycles. The summed E-state index contributed by atoms with van der Waals surface area (Å²) in [5.74, 6) is -0.685. The molecule has 1 aromatic carbocycles. The van der Waals surface area contributed by atoms with Gasteiger partial charge in [-0.25, -0.2) is 8.42 Å². The summed E-state index contributed by atoms with van der Waals surface area (Å²) in [6.07, 6.45) is 2.81. The van der Waals surface area contributed by atoms with Crippen LogP contribution in [0.2, 0.25) is 0 Å². The van der Waals surface area contributed by atoms with Crippen LogP contribution in [0.4, 0.5) is 5.69 Å². The van der Waals surface area contributed by atoms with Crippen LogP contribution in [0.5, 0.6) is 0 Å². The molecular weight excluding hydrogens is 386 g/mol. The van der Waals surface area contributed by atoms with Gasteiger partial charge in [0.05, 0.1) is 16.3 Å². The van der Waals surface area contributed by atoms with Crippen LogP contribution in [0.15, 0.2) is 46.7 Å². The Hall–Kier alpha value is -2.23. The van der Waals surface area contributed by atoms with Crippen molar-refractivity contribution in [1.29, 1.82) is 0 Å². The molecule has 0 atom stereocenters. The predicted octanol–water partition coefficient (Wildman–Crippen LogP) is 2.29. The van der Waals surface area contributed by atoms with Gasteiger partial charge in [-0.15, -0.1) is 11.3 Å². The zero-order valence-electron chi connectivity index (χ0n) is 14.7. The van der Waals surface area contributed by atoms with Crippen LogP contribution in [-0.4, -0.2) is 44.2 Å². The van der Waals surface area contributed by atoms with E-state index in [0.29, 0.717) is 23.7 Å². The highest BCUT2D eigenvalue weighted by Crippen LogP contribution is 2.21. The van der Waals surface area contributed by atoms with Crippen LogP contribution >= 0.6 is 11.3 Å². The van der Waals surface area contributed by atoms with E-state index in [4.69, 9.17) is 0 Å². The number of nitrogens with zero attached hydrogens (tertiary/aromatic N) is 1. The van der Waals surface area contributed by atoms with Gasteiger partial charge >= 0.3 is 0 Å². The molecule has 3 rings (SSSR count). The first-order valence-electron chi connectivity index (χ1n) is 8.68. The maximum Gasteiger partial charge on any atom is 0.261 e. The molecule has 0 spiro atoms. The van der Waals surface area contributed by atoms with Gasteiger partial charge in [-0.3, -0.25) is 9.59 Å². The summed E-state index contributed by atoms with van der Waals surface area (Å²) in [4.78, 5) is 24.5. The lowest BCUT2D eigenvalue weighted by Crippen LogP contribution is -2.35. The summed E-state index contributed by atoms with van der Waals surface area (Å²) >= 11 is 1.30. The predicted molar refractivity (Wildman–Crippen MR) is 104 cm³/mol. The topological polar surface area (TPSA) is 95.6 Å². The van der Waals surface area contributed by atoms with Crippen LogP contribution in [-0.2, 0) is 14.8 Å². The van der Waals surface area contributed by atoms with Gasteiger partial charge in [-0.05, 0) is 48.6 Å². The highest BCUT2D eigenvalue weighted by molar-refractivity contribution is 7.89. The fourth-order valence-corrected chi connectivity index (χ4v) is 4.98. The SMILES string of the molecule is O=C(CNC(=O)c1cccs1)Nc1ccc(S(=O)(=O)N2CCCCC2)cc1. The third-order valence-electron chi connectivity index (χ3n) is 4.25. The van der Waals surface area contributed by atoms with Crippen molar-refractivity contribution in [1.82, 2.24) is 9.62 Å². The van der Waals surface area contributed by atoms with Crippen molar-refractivity contribution in [2.75, 3.05) is 25.0 Å². The molecule has 7 nitrogen and oxygen atoms in total. The van der Waals surface area contributed by atoms with Gasteiger partial charge in [0.1, 0.15) is 0 Å². The van der Waals surface area contributed by atoms with E-state index >= 15 is 0 Å². The molecule has 27 heavy (non-hydrogen) atoms. The van der Waals surface area contributed by atoms with E-state index in [1.807, 2.05) is 0 Å². The van der Waals surface area contributed by atoms with E-state index in [1.165, 1.54) is 27.8 Å². The molecule has 144 valence electrons. The Labute approximate surface area is 162 Å². The van der Waals surface area contributed by atoms with Crippen molar-refractivity contribution in [2.24, 2.45) is 0 Å². The number of nitrogens with one attached hydrogen (secondary N) is 2. The van der Waals surface area contributed by atoms with Crippen molar-refractivity contribution in [3.8, 4) is 0 Å². The van der Waals surface area contributed by atoms with Crippen molar-refractivity contribution in [3.05, 3.63) is 46.7 Å². The number of anilines is 1. The molecule has 0 saturated carbocycles. The lowest BCUT2D eigenvalue weighted by atomic mass is 10.2. The van der Waals surface area contributed by atoms with Crippen LogP contribution < -0.4 is 10.6 Å². The van der Waals surface area contributed by atoms with Crippen molar-refractivity contribution < 1.29 is 18.0 Å². The molecule has 0 unspecified atom stereocenters. The zero-order chi connectivity index (χ0) is 19.3. The van der Waals surface area contributed by atoms with Gasteiger partial charge < -0.3 is 10.6 Å². The second kappa shape index (κ2) is 8.64. The van der Waals surface area contributed by atoms with Gasteiger partial charge in [0.25, 0.3) is 5.91 Å². The summed E-state index contributed by atoms with van der Waals surface area (Å²) in [5, 5.41) is 6.97. The Morgan fingerprint density at radius 1 is 1.04 bits per heavy atom. The fourth-order valence-electron chi connectivity index (χ4n) is 2.83. The Kier molecular flexibility index (Phi) is 6.25. The number of hydrogen-bond acceptors (Lipinski definition) is 5. The number of hydrogen-bond donors (Lipinski definition) is 2. The van der Waals surface area contributed by atoms with Crippen molar-refractivity contribution in [3.63, 3.8) is 0 Å². The van der Waals surface area contributed by atoms with E-state index in [9.17, 15) is 18.0 Å². The van der Waals surface area contributed by atoms with Crippen LogP contribution in [0.3, 0.4) is 0 Å². The lowest BCUT2D eigenvalue weighted by molar-refractivity contribution is -0.115. The summed E-state index contributed by atoms with van der Waals surface area (Å²) in [7, 11) is -3.49. The monoisotopic (exact) mass is 407 g/mol. The van der Waals surface area contributed by atoms with Gasteiger partial charge in [0, 0.05) is 18.8 Å². The summed E-state index contributed by atoms with van der Waals surface area (Å²) < 4.78 is 26.7. The molecule has 1 aromatic heterocycles. The lowest BCUT2D eigenvalue weighted by Gasteiger charge is -2.25. The third-order valence-corrected chi connectivity index (χ3v) is 7.03. The molecule has 2 aromatic rings. The smallest absolute Gasteiger partial charge is 0.261 e. The Morgan fingerprint density at radius 2 is 1.74 bits per heavy atom. The number of piperidine rings is 1. The average molecular weight is 408 g/mol. The number of amides is 2. The van der Waals surface area contributed by atoms with Crippen molar-refractivity contribution in [2.45, 2.75) is 24.2 Å². The number of thiophene rings is 1. The Balaban J connectivity index is 1.55. The number of benzene rings is 1. The van der Waals surface area contributed by atoms with E-state index in [2.05, 4.69) is 10.6 Å². The van der Waals surface area contributed by atoms with Gasteiger partial charge in [-0.2, -0.15) is 4.31 Å². The minimum atomic E-state index is -3.49. The first-order valence-corrected chi connectivity index (χ1v) is 11.0. The van der Waals surface area contributed by atoms with Gasteiger partial charge in [0.2, 0.25) is 15.9 Å². The summed E-state index contributed by atoms with van der Waals surface area (Å²) in [6, 6.07) is 9.53. The number of carbonyl (C=O) groups is 2. The molecule has 9 heteroatoms. The molecule has 2 N–H and O–H groups in total. The minimum absolute atomic E-state index is 0.162. The van der Waals surface area contributed by atoms with Crippen LogP contribution in [0.25, 0.3) is 0 Å². The van der Waals surface area contributed by atoms with Gasteiger partial charge in [-0.1, -0.05) is 12.5 Å². The Morgan fingerprint density at radius 3 is 2.37 bits per heavy atom. The standard InChI is InChI=1S/C18H21N3O4S2/c22-17(13-19-18(23)16-5-4-12-26-16)20-14-6-8-15(9-7-14)27(24,25)21-10-2-1-3-11-21/h4-9,12H,1-3,10-11,13H2,(H,19,23)(H,20,22). The normalized spacial score (nSPS) is 15.3. The maximum atomic E-state index is 12.6. The first-order chi connectivity index (χ1) is 13.0. The second-order valence-corrected chi connectivity index (χ2v) is 9.08. The van der Waals surface area contributed by atoms with Crippen LogP contribution in [0, 0.1) is 0 Å². The van der Waals surface area contributed by atoms with E-state index in [1.54, 1.807) is 29.6 Å². The fraction of sp³-hybridized carbons (Fsp3) is 0.333. The molecule has 0 radical (unpaired) electrons. The Bertz CT molecular complexity index is 887. The molecule has 1 aliphatic rings. The van der Waals surface area contributed by atoms with E-state index < -0.39 is 10.0 Å². The van der Waals surface area contributed by atoms with E-state index in [0.717, 1.165) is 19.3 Å². The maximum absolute atomic E-state index is 12.6. The molecule has 1 fully saturated rings. The first kappa shape index (κ1) is 19.5. The van der Waals surface area contributed by atoms with Crippen LogP contribution in [0.1, 0.15) is 28.9 Å². The quantitative estimate of drug-likeness (QED) is 0.768. The molecule has 2 amide bonds. The second-order valence-electron chi connectivity index (χ2n) is 6.20. The summed E-state index contributed by atoms with van der Waals surface area (Å²) in [5.41, 5.74) is 0.475. The van der Waals surface area contributed by atoms with Crippen molar-refractivity contribution >= 4 is 38.9 Å². The number of sulfonamides is 1. The minimum Gasteiger partial charge on any atom is -0.342 e. The van der Waals surface area contributed by atoms with Gasteiger partial charge in [0.15, 0.2) is 0 Å². The third kappa shape index (κ3) is 4.94. The number of carbonyl (C=O) groups excluding carboxylic acids is 2. The number of rotatable bonds is 6. The molecule has 0 bridgehead atoms. The largest absolute Gasteiger partial charge is 0.342 e. The summed E-state index contributed by atoms with van der Waals surface area (Å²) in [6.45, 7) is 0.931.